The fraction of sp³-hybridized carbons (Fsp3) is 0.375. The molecule has 2 N–H and O–H groups in total. The summed E-state index contributed by atoms with van der Waals surface area (Å²) in [6, 6.07) is 14.8. The Kier molecular flexibility index (Phi) is 8.39. The molecule has 0 saturated carbocycles. The minimum atomic E-state index is -1.17. The maximum Gasteiger partial charge on any atom is 0.407 e. The first-order valence-electron chi connectivity index (χ1n) is 10.6. The lowest BCUT2D eigenvalue weighted by Gasteiger charge is -2.26. The number of rotatable bonds is 11. The van der Waals surface area contributed by atoms with Gasteiger partial charge in [0.25, 0.3) is 0 Å². The van der Waals surface area contributed by atoms with Gasteiger partial charge >= 0.3 is 12.1 Å². The number of hydrogen-bond donors (Lipinski definition) is 2. The Balaban J connectivity index is 1.67. The molecule has 1 aliphatic carbocycles. The van der Waals surface area contributed by atoms with Crippen LogP contribution in [0.4, 0.5) is 4.79 Å². The summed E-state index contributed by atoms with van der Waals surface area (Å²) in [4.78, 5) is 37.7. The molecule has 9 heteroatoms. The third-order valence-electron chi connectivity index (χ3n) is 5.47. The SMILES string of the molecule is COCCN(CC(=O)O)C(=O)[C@H](COC)NC(=O)OCC1c2ccccc2-c2ccccc21. The van der Waals surface area contributed by atoms with Crippen LogP contribution in [0, 0.1) is 0 Å². The average Bonchev–Trinajstić information content (AvgIpc) is 3.13. The molecule has 0 aliphatic heterocycles. The summed E-state index contributed by atoms with van der Waals surface area (Å²) in [5.41, 5.74) is 4.36. The van der Waals surface area contributed by atoms with Gasteiger partial charge in [-0.15, -0.1) is 0 Å². The molecule has 0 heterocycles. The van der Waals surface area contributed by atoms with E-state index in [1.54, 1.807) is 0 Å². The highest BCUT2D eigenvalue weighted by molar-refractivity contribution is 5.88. The molecule has 3 rings (SSSR count). The zero-order valence-corrected chi connectivity index (χ0v) is 18.7. The van der Waals surface area contributed by atoms with Crippen LogP contribution in [0.2, 0.25) is 0 Å². The zero-order valence-electron chi connectivity index (χ0n) is 18.7. The number of benzene rings is 2. The summed E-state index contributed by atoms with van der Waals surface area (Å²) >= 11 is 0. The van der Waals surface area contributed by atoms with Crippen molar-refractivity contribution in [1.82, 2.24) is 10.2 Å². The second-order valence-corrected chi connectivity index (χ2v) is 7.62. The Morgan fingerprint density at radius 3 is 2.15 bits per heavy atom. The summed E-state index contributed by atoms with van der Waals surface area (Å²) < 4.78 is 15.5. The van der Waals surface area contributed by atoms with Crippen molar-refractivity contribution in [3.05, 3.63) is 59.7 Å². The third kappa shape index (κ3) is 5.88. The first-order valence-corrected chi connectivity index (χ1v) is 10.6. The molecule has 33 heavy (non-hydrogen) atoms. The molecule has 9 nitrogen and oxygen atoms in total. The molecule has 0 saturated heterocycles. The Bertz CT molecular complexity index is 949. The number of alkyl carbamates (subject to hydrolysis) is 1. The monoisotopic (exact) mass is 456 g/mol. The van der Waals surface area contributed by atoms with Crippen LogP contribution in [0.1, 0.15) is 17.0 Å². The smallest absolute Gasteiger partial charge is 0.407 e. The summed E-state index contributed by atoms with van der Waals surface area (Å²) in [5, 5.41) is 11.6. The minimum Gasteiger partial charge on any atom is -0.480 e. The molecule has 0 aromatic heterocycles. The molecule has 1 atom stereocenters. The number of hydrogen-bond acceptors (Lipinski definition) is 6. The lowest BCUT2D eigenvalue weighted by molar-refractivity contribution is -0.146. The van der Waals surface area contributed by atoms with E-state index in [1.807, 2.05) is 48.5 Å². The van der Waals surface area contributed by atoms with Crippen LogP contribution in [-0.2, 0) is 23.8 Å². The van der Waals surface area contributed by atoms with Gasteiger partial charge in [-0.2, -0.15) is 0 Å². The molecule has 2 aromatic rings. The van der Waals surface area contributed by atoms with Gasteiger partial charge < -0.3 is 29.5 Å². The van der Waals surface area contributed by atoms with Crippen LogP contribution < -0.4 is 5.32 Å². The number of carbonyl (C=O) groups is 3. The normalized spacial score (nSPS) is 13.0. The van der Waals surface area contributed by atoms with Crippen LogP contribution in [0.15, 0.2) is 48.5 Å². The van der Waals surface area contributed by atoms with Crippen molar-refractivity contribution in [3.63, 3.8) is 0 Å². The second kappa shape index (κ2) is 11.4. The van der Waals surface area contributed by atoms with Crippen molar-refractivity contribution in [2.75, 3.05) is 47.1 Å². The maximum atomic E-state index is 12.9. The molecule has 0 fully saturated rings. The summed E-state index contributed by atoms with van der Waals surface area (Å²) in [5.74, 6) is -1.88. The van der Waals surface area contributed by atoms with Crippen LogP contribution in [0.5, 0.6) is 0 Å². The van der Waals surface area contributed by atoms with Crippen LogP contribution in [-0.4, -0.2) is 81.1 Å². The second-order valence-electron chi connectivity index (χ2n) is 7.62. The Hall–Kier alpha value is -3.43. The number of ether oxygens (including phenoxy) is 3. The molecule has 0 bridgehead atoms. The van der Waals surface area contributed by atoms with Gasteiger partial charge in [0.2, 0.25) is 5.91 Å². The number of fused-ring (bicyclic) bond motifs is 3. The number of methoxy groups -OCH3 is 2. The van der Waals surface area contributed by atoms with Crippen molar-refractivity contribution < 1.29 is 33.7 Å². The Morgan fingerprint density at radius 2 is 1.61 bits per heavy atom. The molecule has 2 aromatic carbocycles. The number of nitrogens with one attached hydrogen (secondary N) is 1. The Labute approximate surface area is 192 Å². The zero-order chi connectivity index (χ0) is 23.8. The van der Waals surface area contributed by atoms with E-state index in [2.05, 4.69) is 5.32 Å². The van der Waals surface area contributed by atoms with Crippen molar-refractivity contribution in [1.29, 1.82) is 0 Å². The first kappa shape index (κ1) is 24.2. The average molecular weight is 456 g/mol. The molecule has 2 amide bonds. The molecule has 176 valence electrons. The van der Waals surface area contributed by atoms with Crippen molar-refractivity contribution in [3.8, 4) is 11.1 Å². The number of carboxylic acids is 1. The van der Waals surface area contributed by atoms with Crippen molar-refractivity contribution in [2.24, 2.45) is 0 Å². The molecule has 1 aliphatic rings. The Morgan fingerprint density at radius 1 is 1.00 bits per heavy atom. The number of aliphatic carboxylic acids is 1. The predicted molar refractivity (Wildman–Crippen MR) is 120 cm³/mol. The highest BCUT2D eigenvalue weighted by Crippen LogP contribution is 2.44. The summed E-state index contributed by atoms with van der Waals surface area (Å²) in [7, 11) is 2.83. The molecular formula is C24H28N2O7. The first-order chi connectivity index (χ1) is 16.0. The van der Waals surface area contributed by atoms with Gasteiger partial charge in [-0.25, -0.2) is 4.79 Å². The van der Waals surface area contributed by atoms with Gasteiger partial charge in [0, 0.05) is 26.7 Å². The van der Waals surface area contributed by atoms with E-state index in [-0.39, 0.29) is 32.3 Å². The van der Waals surface area contributed by atoms with Gasteiger partial charge in [0.15, 0.2) is 0 Å². The van der Waals surface area contributed by atoms with Crippen LogP contribution in [0.3, 0.4) is 0 Å². The molecule has 0 spiro atoms. The van der Waals surface area contributed by atoms with Crippen LogP contribution in [0.25, 0.3) is 11.1 Å². The maximum absolute atomic E-state index is 12.9. The topological polar surface area (TPSA) is 114 Å². The van der Waals surface area contributed by atoms with E-state index < -0.39 is 30.6 Å². The third-order valence-corrected chi connectivity index (χ3v) is 5.47. The highest BCUT2D eigenvalue weighted by Gasteiger charge is 2.31. The van der Waals surface area contributed by atoms with E-state index >= 15 is 0 Å². The molecular weight excluding hydrogens is 428 g/mol. The minimum absolute atomic E-state index is 0.0637. The van der Waals surface area contributed by atoms with Crippen molar-refractivity contribution in [2.45, 2.75) is 12.0 Å². The van der Waals surface area contributed by atoms with E-state index in [9.17, 15) is 14.4 Å². The van der Waals surface area contributed by atoms with Gasteiger partial charge in [-0.1, -0.05) is 48.5 Å². The van der Waals surface area contributed by atoms with Gasteiger partial charge in [-0.05, 0) is 22.3 Å². The van der Waals surface area contributed by atoms with E-state index in [0.29, 0.717) is 0 Å². The van der Waals surface area contributed by atoms with Gasteiger partial charge in [0.05, 0.1) is 13.2 Å². The molecule has 0 unspecified atom stereocenters. The fourth-order valence-electron chi connectivity index (χ4n) is 3.98. The highest BCUT2D eigenvalue weighted by atomic mass is 16.5. The van der Waals surface area contributed by atoms with Crippen LogP contribution >= 0.6 is 0 Å². The number of carboxylic acid groups (broad SMARTS) is 1. The number of amides is 2. The largest absolute Gasteiger partial charge is 0.480 e. The number of nitrogens with zero attached hydrogens (tertiary/aromatic N) is 1. The quantitative estimate of drug-likeness (QED) is 0.532. The lowest BCUT2D eigenvalue weighted by atomic mass is 9.98. The van der Waals surface area contributed by atoms with E-state index in [4.69, 9.17) is 19.3 Å². The molecule has 0 radical (unpaired) electrons. The van der Waals surface area contributed by atoms with E-state index in [0.717, 1.165) is 27.2 Å². The van der Waals surface area contributed by atoms with Crippen molar-refractivity contribution >= 4 is 18.0 Å². The van der Waals surface area contributed by atoms with Gasteiger partial charge in [0.1, 0.15) is 19.2 Å². The summed E-state index contributed by atoms with van der Waals surface area (Å²) in [6.07, 6.45) is -0.783. The van der Waals surface area contributed by atoms with Gasteiger partial charge in [-0.3, -0.25) is 9.59 Å². The van der Waals surface area contributed by atoms with E-state index in [1.165, 1.54) is 14.2 Å². The summed E-state index contributed by atoms with van der Waals surface area (Å²) in [6.45, 7) is -0.338. The predicted octanol–water partition coefficient (Wildman–Crippen LogP) is 2.10. The number of carbonyl (C=O) groups excluding carboxylic acids is 2. The fourth-order valence-corrected chi connectivity index (χ4v) is 3.98. The lowest BCUT2D eigenvalue weighted by Crippen LogP contribution is -2.52. The standard InChI is InChI=1S/C24H28N2O7/c1-31-12-11-26(13-22(27)28)23(29)21(15-32-2)25-24(30)33-14-20-18-9-5-3-7-16(18)17-8-4-6-10-19(17)20/h3-10,20-21H,11-15H2,1-2H3,(H,25,30)(H,27,28)/t21-/m0/s1.